The largest absolute Gasteiger partial charge is 0.508 e. The number of hydrogen-bond donors (Lipinski definition) is 2. The van der Waals surface area contributed by atoms with Crippen molar-refractivity contribution in [3.05, 3.63) is 48.9 Å². The van der Waals surface area contributed by atoms with Crippen molar-refractivity contribution in [2.24, 2.45) is 0 Å². The lowest BCUT2D eigenvalue weighted by Crippen LogP contribution is -1.97. The van der Waals surface area contributed by atoms with Gasteiger partial charge in [-0.05, 0) is 30.3 Å². The summed E-state index contributed by atoms with van der Waals surface area (Å²) in [5.41, 5.74) is 0.765. The number of phenolic OH excluding ortho intramolecular Hbond substituents is 1. The first-order valence-corrected chi connectivity index (χ1v) is 5.45. The minimum atomic E-state index is 0.182. The normalized spacial score (nSPS) is 10.4. The van der Waals surface area contributed by atoms with Gasteiger partial charge in [0.25, 0.3) is 0 Å². The van der Waals surface area contributed by atoms with Crippen molar-refractivity contribution in [2.75, 3.05) is 5.32 Å². The zero-order valence-electron chi connectivity index (χ0n) is 9.41. The third-order valence-electron chi connectivity index (χ3n) is 2.53. The smallest absolute Gasteiger partial charge is 0.142 e. The van der Waals surface area contributed by atoms with E-state index < -0.39 is 0 Å². The Bertz CT molecular complexity index is 685. The Kier molecular flexibility index (Phi) is 2.49. The molecule has 3 aromatic rings. The first-order chi connectivity index (χ1) is 8.83. The number of phenols is 1. The van der Waals surface area contributed by atoms with E-state index in [4.69, 9.17) is 0 Å². The van der Waals surface area contributed by atoms with Crippen LogP contribution < -0.4 is 5.32 Å². The van der Waals surface area contributed by atoms with Crippen molar-refractivity contribution in [1.82, 2.24) is 15.0 Å². The highest BCUT2D eigenvalue weighted by molar-refractivity contribution is 5.91. The third kappa shape index (κ3) is 1.93. The molecule has 3 rings (SSSR count). The molecule has 0 unspecified atom stereocenters. The summed E-state index contributed by atoms with van der Waals surface area (Å²) in [7, 11) is 0. The molecule has 0 fully saturated rings. The molecule has 2 N–H and O–H groups in total. The second-order valence-electron chi connectivity index (χ2n) is 3.76. The number of nitrogens with zero attached hydrogens (tertiary/aromatic N) is 3. The Morgan fingerprint density at radius 1 is 1.00 bits per heavy atom. The summed E-state index contributed by atoms with van der Waals surface area (Å²) < 4.78 is 0. The molecule has 0 bridgehead atoms. The van der Waals surface area contributed by atoms with Gasteiger partial charge in [0, 0.05) is 11.6 Å². The summed E-state index contributed by atoms with van der Waals surface area (Å²) in [6.45, 7) is 0. The molecule has 0 radical (unpaired) electrons. The van der Waals surface area contributed by atoms with Crippen molar-refractivity contribution in [1.29, 1.82) is 0 Å². The van der Waals surface area contributed by atoms with Crippen LogP contribution >= 0.6 is 0 Å². The van der Waals surface area contributed by atoms with Crippen LogP contribution in [0.4, 0.5) is 11.6 Å². The molecule has 0 aliphatic rings. The third-order valence-corrected chi connectivity index (χ3v) is 2.53. The number of hydrogen-bond acceptors (Lipinski definition) is 5. The predicted molar refractivity (Wildman–Crippen MR) is 68.7 cm³/mol. The molecule has 0 aliphatic heterocycles. The van der Waals surface area contributed by atoms with E-state index in [9.17, 15) is 5.11 Å². The van der Waals surface area contributed by atoms with Gasteiger partial charge in [0.2, 0.25) is 0 Å². The van der Waals surface area contributed by atoms with Crippen LogP contribution in [0.3, 0.4) is 0 Å². The van der Waals surface area contributed by atoms with Crippen molar-refractivity contribution < 1.29 is 5.11 Å². The maximum Gasteiger partial charge on any atom is 0.142 e. The number of nitrogens with one attached hydrogen (secondary N) is 1. The van der Waals surface area contributed by atoms with Crippen LogP contribution in [-0.4, -0.2) is 20.1 Å². The van der Waals surface area contributed by atoms with Gasteiger partial charge in [-0.1, -0.05) is 6.07 Å². The maximum atomic E-state index is 9.52. The molecule has 0 spiro atoms. The van der Waals surface area contributed by atoms with Crippen molar-refractivity contribution in [3.63, 3.8) is 0 Å². The molecule has 5 heteroatoms. The molecule has 0 amide bonds. The van der Waals surface area contributed by atoms with Crippen LogP contribution in [0, 0.1) is 0 Å². The Labute approximate surface area is 103 Å². The number of pyridine rings is 1. The van der Waals surface area contributed by atoms with E-state index in [1.165, 1.54) is 6.33 Å². The molecule has 2 heterocycles. The van der Waals surface area contributed by atoms with Gasteiger partial charge in [-0.3, -0.25) is 0 Å². The summed E-state index contributed by atoms with van der Waals surface area (Å²) in [6.07, 6.45) is 3.17. The number of aromatic hydroxyl groups is 1. The summed E-state index contributed by atoms with van der Waals surface area (Å²) in [5.74, 6) is 1.50. The first kappa shape index (κ1) is 10.5. The fourth-order valence-corrected chi connectivity index (χ4v) is 1.70. The molecular weight excluding hydrogens is 228 g/mol. The molecule has 0 atom stereocenters. The predicted octanol–water partition coefficient (Wildman–Crippen LogP) is 2.47. The lowest BCUT2D eigenvalue weighted by atomic mass is 10.2. The van der Waals surface area contributed by atoms with Gasteiger partial charge < -0.3 is 10.4 Å². The molecule has 2 aromatic heterocycles. The summed E-state index contributed by atoms with van der Waals surface area (Å²) >= 11 is 0. The molecule has 0 saturated heterocycles. The fourth-order valence-electron chi connectivity index (χ4n) is 1.70. The molecule has 1 aromatic carbocycles. The SMILES string of the molecule is Oc1ccc2ncnc(Nc3ccccn3)c2c1. The Morgan fingerprint density at radius 3 is 2.78 bits per heavy atom. The molecule has 88 valence electrons. The standard InChI is InChI=1S/C13H10N4O/c18-9-4-5-11-10(7-9)13(16-8-15-11)17-12-3-1-2-6-14-12/h1-8,18H,(H,14,15,16,17). The highest BCUT2D eigenvalue weighted by Gasteiger charge is 2.05. The van der Waals surface area contributed by atoms with Gasteiger partial charge >= 0.3 is 0 Å². The highest BCUT2D eigenvalue weighted by atomic mass is 16.3. The number of rotatable bonds is 2. The monoisotopic (exact) mass is 238 g/mol. The zero-order valence-corrected chi connectivity index (χ0v) is 9.41. The molecule has 0 saturated carbocycles. The zero-order chi connectivity index (χ0) is 12.4. The lowest BCUT2D eigenvalue weighted by molar-refractivity contribution is 0.476. The quantitative estimate of drug-likeness (QED) is 0.717. The average Bonchev–Trinajstić information content (AvgIpc) is 2.41. The highest BCUT2D eigenvalue weighted by Crippen LogP contribution is 2.25. The van der Waals surface area contributed by atoms with Crippen molar-refractivity contribution in [2.45, 2.75) is 0 Å². The van der Waals surface area contributed by atoms with Gasteiger partial charge in [0.1, 0.15) is 23.7 Å². The minimum Gasteiger partial charge on any atom is -0.508 e. The minimum absolute atomic E-state index is 0.182. The van der Waals surface area contributed by atoms with E-state index in [2.05, 4.69) is 20.3 Å². The van der Waals surface area contributed by atoms with Crippen LogP contribution in [0.5, 0.6) is 5.75 Å². The summed E-state index contributed by atoms with van der Waals surface area (Å²) in [6, 6.07) is 10.5. The second kappa shape index (κ2) is 4.29. The maximum absolute atomic E-state index is 9.52. The summed E-state index contributed by atoms with van der Waals surface area (Å²) in [5, 5.41) is 13.4. The van der Waals surface area contributed by atoms with Gasteiger partial charge in [-0.15, -0.1) is 0 Å². The Balaban J connectivity index is 2.09. The van der Waals surface area contributed by atoms with E-state index in [0.717, 1.165) is 10.9 Å². The van der Waals surface area contributed by atoms with Gasteiger partial charge in [-0.25, -0.2) is 15.0 Å². The van der Waals surface area contributed by atoms with Gasteiger partial charge in [-0.2, -0.15) is 0 Å². The van der Waals surface area contributed by atoms with Crippen LogP contribution in [0.1, 0.15) is 0 Å². The van der Waals surface area contributed by atoms with E-state index in [1.807, 2.05) is 18.2 Å². The summed E-state index contributed by atoms with van der Waals surface area (Å²) in [4.78, 5) is 12.5. The number of anilines is 2. The van der Waals surface area contributed by atoms with E-state index in [0.29, 0.717) is 11.6 Å². The molecule has 18 heavy (non-hydrogen) atoms. The van der Waals surface area contributed by atoms with E-state index in [-0.39, 0.29) is 5.75 Å². The number of aromatic nitrogens is 3. The van der Waals surface area contributed by atoms with Crippen molar-refractivity contribution >= 4 is 22.5 Å². The van der Waals surface area contributed by atoms with Gasteiger partial charge in [0.05, 0.1) is 5.52 Å². The fraction of sp³-hybridized carbons (Fsp3) is 0. The lowest BCUT2D eigenvalue weighted by Gasteiger charge is -2.07. The second-order valence-corrected chi connectivity index (χ2v) is 3.76. The van der Waals surface area contributed by atoms with Crippen LogP contribution in [0.15, 0.2) is 48.9 Å². The number of benzene rings is 1. The number of fused-ring (bicyclic) bond motifs is 1. The molecule has 5 nitrogen and oxygen atoms in total. The van der Waals surface area contributed by atoms with Crippen LogP contribution in [-0.2, 0) is 0 Å². The molecular formula is C13H10N4O. The Morgan fingerprint density at radius 2 is 1.94 bits per heavy atom. The Hall–Kier alpha value is -2.69. The van der Waals surface area contributed by atoms with Crippen molar-refractivity contribution in [3.8, 4) is 5.75 Å². The van der Waals surface area contributed by atoms with Gasteiger partial charge in [0.15, 0.2) is 0 Å². The van der Waals surface area contributed by atoms with Crippen LogP contribution in [0.25, 0.3) is 10.9 Å². The first-order valence-electron chi connectivity index (χ1n) is 5.45. The topological polar surface area (TPSA) is 70.9 Å². The van der Waals surface area contributed by atoms with E-state index in [1.54, 1.807) is 24.4 Å². The van der Waals surface area contributed by atoms with Crippen LogP contribution in [0.2, 0.25) is 0 Å². The molecule has 0 aliphatic carbocycles. The average molecular weight is 238 g/mol. The van der Waals surface area contributed by atoms with E-state index >= 15 is 0 Å².